The molecule has 0 radical (unpaired) electrons. The third-order valence-corrected chi connectivity index (χ3v) is 4.81. The largest absolute Gasteiger partial charge is 0.314 e. The van der Waals surface area contributed by atoms with E-state index in [4.69, 9.17) is 0 Å². The summed E-state index contributed by atoms with van der Waals surface area (Å²) in [4.78, 5) is 4.47. The molecule has 1 aromatic carbocycles. The minimum Gasteiger partial charge on any atom is -0.314 e. The van der Waals surface area contributed by atoms with Crippen LogP contribution in [0.25, 0.3) is 0 Å². The van der Waals surface area contributed by atoms with Gasteiger partial charge < -0.3 is 4.57 Å². The van der Waals surface area contributed by atoms with Gasteiger partial charge >= 0.3 is 0 Å². The number of nitrogens with zero attached hydrogens (tertiary/aromatic N) is 4. The summed E-state index contributed by atoms with van der Waals surface area (Å²) in [5, 5.41) is 8.78. The van der Waals surface area contributed by atoms with Crippen molar-refractivity contribution in [3.05, 3.63) is 77.1 Å². The van der Waals surface area contributed by atoms with Gasteiger partial charge in [0.15, 0.2) is 0 Å². The van der Waals surface area contributed by atoms with Gasteiger partial charge in [-0.1, -0.05) is 19.1 Å². The molecule has 0 aliphatic carbocycles. The molecule has 0 saturated heterocycles. The van der Waals surface area contributed by atoms with Crippen LogP contribution >= 0.6 is 0 Å². The Bertz CT molecular complexity index is 884. The van der Waals surface area contributed by atoms with Gasteiger partial charge in [-0.05, 0) is 51.0 Å². The number of aryl methyl sites for hydroxylation is 1. The first-order chi connectivity index (χ1) is 12.9. The van der Waals surface area contributed by atoms with Crippen molar-refractivity contribution in [2.45, 2.75) is 52.0 Å². The van der Waals surface area contributed by atoms with Crippen LogP contribution in [0.2, 0.25) is 0 Å². The second-order valence-corrected chi connectivity index (χ2v) is 7.13. The van der Waals surface area contributed by atoms with E-state index in [0.29, 0.717) is 6.54 Å². The van der Waals surface area contributed by atoms with E-state index in [1.165, 1.54) is 18.2 Å². The molecule has 0 unspecified atom stereocenters. The van der Waals surface area contributed by atoms with Crippen LogP contribution in [0.1, 0.15) is 50.1 Å². The summed E-state index contributed by atoms with van der Waals surface area (Å²) in [6.45, 7) is 6.55. The van der Waals surface area contributed by atoms with Crippen molar-refractivity contribution in [1.29, 1.82) is 0 Å². The number of pyridine rings is 1. The van der Waals surface area contributed by atoms with E-state index in [2.05, 4.69) is 22.1 Å². The molecule has 2 aromatic heterocycles. The summed E-state index contributed by atoms with van der Waals surface area (Å²) in [7, 11) is 0. The molecule has 6 heteroatoms. The van der Waals surface area contributed by atoms with Crippen molar-refractivity contribution in [2.75, 3.05) is 0 Å². The highest BCUT2D eigenvalue weighted by molar-refractivity contribution is 5.26. The van der Waals surface area contributed by atoms with Gasteiger partial charge in [0.1, 0.15) is 23.3 Å². The maximum atomic E-state index is 14.0. The molecule has 0 saturated carbocycles. The molecule has 27 heavy (non-hydrogen) atoms. The average Bonchev–Trinajstić information content (AvgIpc) is 3.06. The molecule has 0 aliphatic heterocycles. The fourth-order valence-corrected chi connectivity index (χ4v) is 3.28. The van der Waals surface area contributed by atoms with Crippen LogP contribution in [-0.4, -0.2) is 19.7 Å². The van der Waals surface area contributed by atoms with Crippen LogP contribution in [0.4, 0.5) is 8.78 Å². The lowest BCUT2D eigenvalue weighted by molar-refractivity contribution is 0.493. The Kier molecular flexibility index (Phi) is 5.63. The van der Waals surface area contributed by atoms with Gasteiger partial charge in [0.05, 0.1) is 11.1 Å². The van der Waals surface area contributed by atoms with E-state index < -0.39 is 17.0 Å². The first-order valence-corrected chi connectivity index (χ1v) is 9.22. The monoisotopic (exact) mass is 370 g/mol. The second kappa shape index (κ2) is 7.94. The van der Waals surface area contributed by atoms with Crippen molar-refractivity contribution in [3.63, 3.8) is 0 Å². The van der Waals surface area contributed by atoms with Crippen LogP contribution in [0, 0.1) is 11.6 Å². The Morgan fingerprint density at radius 2 is 1.70 bits per heavy atom. The van der Waals surface area contributed by atoms with E-state index >= 15 is 0 Å². The Morgan fingerprint density at radius 1 is 0.963 bits per heavy atom. The van der Waals surface area contributed by atoms with Crippen LogP contribution in [0.3, 0.4) is 0 Å². The minimum atomic E-state index is -0.523. The van der Waals surface area contributed by atoms with E-state index in [9.17, 15) is 8.78 Å². The molecule has 0 bridgehead atoms. The molecule has 0 spiro atoms. The molecule has 0 amide bonds. The van der Waals surface area contributed by atoms with Crippen molar-refractivity contribution in [2.24, 2.45) is 0 Å². The first-order valence-electron chi connectivity index (χ1n) is 9.22. The van der Waals surface area contributed by atoms with Crippen molar-refractivity contribution in [3.8, 4) is 0 Å². The Morgan fingerprint density at radius 3 is 2.33 bits per heavy atom. The third kappa shape index (κ3) is 3.89. The summed E-state index contributed by atoms with van der Waals surface area (Å²) in [6.07, 6.45) is 3.65. The van der Waals surface area contributed by atoms with Gasteiger partial charge in [0, 0.05) is 24.7 Å². The number of rotatable bonds is 7. The highest BCUT2D eigenvalue weighted by Crippen LogP contribution is 2.29. The Hall–Kier alpha value is -2.63. The van der Waals surface area contributed by atoms with Crippen molar-refractivity contribution < 1.29 is 8.78 Å². The lowest BCUT2D eigenvalue weighted by Crippen LogP contribution is -2.27. The summed E-state index contributed by atoms with van der Waals surface area (Å²) in [5.41, 5.74) is 0.489. The first kappa shape index (κ1) is 19.1. The van der Waals surface area contributed by atoms with E-state index in [-0.39, 0.29) is 12.0 Å². The van der Waals surface area contributed by atoms with Gasteiger partial charge in [-0.25, -0.2) is 8.78 Å². The predicted octanol–water partition coefficient (Wildman–Crippen LogP) is 4.47. The fraction of sp³-hybridized carbons (Fsp3) is 0.381. The van der Waals surface area contributed by atoms with E-state index in [0.717, 1.165) is 30.2 Å². The lowest BCUT2D eigenvalue weighted by atomic mass is 9.87. The molecule has 0 N–H and O–H groups in total. The second-order valence-electron chi connectivity index (χ2n) is 7.13. The summed E-state index contributed by atoms with van der Waals surface area (Å²) in [6, 6.07) is 9.72. The van der Waals surface area contributed by atoms with Crippen molar-refractivity contribution in [1.82, 2.24) is 19.7 Å². The summed E-state index contributed by atoms with van der Waals surface area (Å²) in [5.74, 6) is 0.533. The molecule has 4 nitrogen and oxygen atoms in total. The predicted molar refractivity (Wildman–Crippen MR) is 100 cm³/mol. The number of halogens is 2. The normalized spacial score (nSPS) is 11.7. The molecule has 0 aliphatic rings. The molecule has 2 heterocycles. The standard InChI is InChI=1S/C21H24F2N4/c1-4-8-19-25-26-20(21(2,3)18-11-5-6-13-24-18)27(19)14-12-15-16(22)9-7-10-17(15)23/h5-7,9-11,13H,4,8,12,14H2,1-3H3. The highest BCUT2D eigenvalue weighted by atomic mass is 19.1. The quantitative estimate of drug-likeness (QED) is 0.616. The van der Waals surface area contributed by atoms with E-state index in [1.807, 2.05) is 36.6 Å². The lowest BCUT2D eigenvalue weighted by Gasteiger charge is -2.24. The molecule has 3 aromatic rings. The third-order valence-electron chi connectivity index (χ3n) is 4.81. The van der Waals surface area contributed by atoms with Crippen LogP contribution in [0.5, 0.6) is 0 Å². The van der Waals surface area contributed by atoms with Crippen LogP contribution in [0.15, 0.2) is 42.6 Å². The fourth-order valence-electron chi connectivity index (χ4n) is 3.28. The highest BCUT2D eigenvalue weighted by Gasteiger charge is 2.31. The summed E-state index contributed by atoms with van der Waals surface area (Å²) < 4.78 is 30.1. The molecule has 0 atom stereocenters. The van der Waals surface area contributed by atoms with Gasteiger partial charge in [-0.15, -0.1) is 10.2 Å². The topological polar surface area (TPSA) is 43.6 Å². The number of hydrogen-bond donors (Lipinski definition) is 0. The maximum absolute atomic E-state index is 14.0. The maximum Gasteiger partial charge on any atom is 0.144 e. The molecular formula is C21H24F2N4. The molecular weight excluding hydrogens is 346 g/mol. The number of hydrogen-bond acceptors (Lipinski definition) is 3. The molecule has 142 valence electrons. The van der Waals surface area contributed by atoms with Gasteiger partial charge in [-0.3, -0.25) is 4.98 Å². The van der Waals surface area contributed by atoms with E-state index in [1.54, 1.807) is 6.20 Å². The van der Waals surface area contributed by atoms with Gasteiger partial charge in [0.25, 0.3) is 0 Å². The van der Waals surface area contributed by atoms with Crippen molar-refractivity contribution >= 4 is 0 Å². The smallest absolute Gasteiger partial charge is 0.144 e. The molecule has 0 fully saturated rings. The van der Waals surface area contributed by atoms with Crippen LogP contribution in [-0.2, 0) is 24.8 Å². The number of benzene rings is 1. The zero-order valence-electron chi connectivity index (χ0n) is 15.9. The van der Waals surface area contributed by atoms with Gasteiger partial charge in [-0.2, -0.15) is 0 Å². The minimum absolute atomic E-state index is 0.0928. The number of aromatic nitrogens is 4. The zero-order chi connectivity index (χ0) is 19.4. The summed E-state index contributed by atoms with van der Waals surface area (Å²) >= 11 is 0. The van der Waals surface area contributed by atoms with Gasteiger partial charge in [0.2, 0.25) is 0 Å². The Balaban J connectivity index is 1.97. The molecule has 3 rings (SSSR count). The van der Waals surface area contributed by atoms with Crippen LogP contribution < -0.4 is 0 Å². The SMILES string of the molecule is CCCc1nnc(C(C)(C)c2ccccn2)n1CCc1c(F)cccc1F. The average molecular weight is 370 g/mol. The zero-order valence-corrected chi connectivity index (χ0v) is 15.9. The Labute approximate surface area is 158 Å².